The number of nitrogens with zero attached hydrogens (tertiary/aromatic N) is 2. The number of imide groups is 1. The molecule has 2 aromatic rings. The lowest BCUT2D eigenvalue weighted by molar-refractivity contribution is -0.385. The monoisotopic (exact) mass is 526 g/mol. The van der Waals surface area contributed by atoms with Gasteiger partial charge in [0.1, 0.15) is 5.70 Å². The van der Waals surface area contributed by atoms with Crippen LogP contribution in [0, 0.1) is 17.0 Å². The van der Waals surface area contributed by atoms with E-state index in [1.807, 2.05) is 0 Å². The number of non-ortho nitro benzene ring substituents is 1. The number of nitrogens with one attached hydrogen (secondary N) is 2. The topological polar surface area (TPSA) is 213 Å². The summed E-state index contributed by atoms with van der Waals surface area (Å²) in [5.41, 5.74) is -1.20. The second kappa shape index (κ2) is 9.41. The molecule has 3 rings (SSSR count). The molecule has 186 valence electrons. The van der Waals surface area contributed by atoms with Gasteiger partial charge >= 0.3 is 0 Å². The molecule has 16 heteroatoms. The van der Waals surface area contributed by atoms with Gasteiger partial charge < -0.3 is 10.4 Å². The van der Waals surface area contributed by atoms with Crippen LogP contribution in [0.4, 0.5) is 17.1 Å². The van der Waals surface area contributed by atoms with Crippen molar-refractivity contribution in [1.29, 1.82) is 0 Å². The minimum atomic E-state index is -4.86. The molecule has 1 heterocycles. The first-order chi connectivity index (χ1) is 16.2. The largest absolute Gasteiger partial charge is 0.395 e. The molecule has 2 aromatic carbocycles. The Morgan fingerprint density at radius 1 is 1.06 bits per heavy atom. The second-order valence-electron chi connectivity index (χ2n) is 7.18. The van der Waals surface area contributed by atoms with Crippen LogP contribution in [0.2, 0.25) is 0 Å². The van der Waals surface area contributed by atoms with Crippen molar-refractivity contribution in [2.75, 3.05) is 23.2 Å². The summed E-state index contributed by atoms with van der Waals surface area (Å²) >= 11 is 0. The van der Waals surface area contributed by atoms with Gasteiger partial charge in [0.15, 0.2) is 0 Å². The molecule has 0 saturated heterocycles. The van der Waals surface area contributed by atoms with Crippen LogP contribution in [0.1, 0.15) is 5.56 Å². The molecule has 0 atom stereocenters. The van der Waals surface area contributed by atoms with E-state index >= 15 is 0 Å². The number of aliphatic hydroxyl groups excluding tert-OH is 1. The number of hydrogen-bond donors (Lipinski definition) is 4. The van der Waals surface area contributed by atoms with E-state index in [0.717, 1.165) is 47.4 Å². The van der Waals surface area contributed by atoms with E-state index < -0.39 is 59.0 Å². The van der Waals surface area contributed by atoms with Crippen LogP contribution in [0.15, 0.2) is 58.0 Å². The van der Waals surface area contributed by atoms with E-state index in [0.29, 0.717) is 0 Å². The van der Waals surface area contributed by atoms with Crippen LogP contribution in [-0.4, -0.2) is 61.3 Å². The molecular weight excluding hydrogens is 508 g/mol. The quantitative estimate of drug-likeness (QED) is 0.154. The average molecular weight is 527 g/mol. The van der Waals surface area contributed by atoms with Gasteiger partial charge in [0.05, 0.1) is 33.6 Å². The molecule has 0 bridgehead atoms. The van der Waals surface area contributed by atoms with Crippen molar-refractivity contribution in [1.82, 2.24) is 4.90 Å². The van der Waals surface area contributed by atoms with Crippen molar-refractivity contribution in [2.45, 2.75) is 16.7 Å². The van der Waals surface area contributed by atoms with Crippen LogP contribution in [0.5, 0.6) is 0 Å². The van der Waals surface area contributed by atoms with Crippen molar-refractivity contribution in [3.8, 4) is 0 Å². The first-order valence-corrected chi connectivity index (χ1v) is 12.5. The lowest BCUT2D eigenvalue weighted by atomic mass is 10.1. The minimum absolute atomic E-state index is 0.0631. The summed E-state index contributed by atoms with van der Waals surface area (Å²) in [4.78, 5) is 34.1. The van der Waals surface area contributed by atoms with E-state index in [2.05, 4.69) is 10.0 Å². The van der Waals surface area contributed by atoms with Crippen molar-refractivity contribution in [2.24, 2.45) is 0 Å². The molecule has 0 radical (unpaired) electrons. The fourth-order valence-electron chi connectivity index (χ4n) is 3.10. The van der Waals surface area contributed by atoms with Gasteiger partial charge in [-0.2, -0.15) is 8.42 Å². The Labute approximate surface area is 198 Å². The molecular formula is C19H18N4O10S2. The van der Waals surface area contributed by atoms with Crippen LogP contribution in [0.3, 0.4) is 0 Å². The minimum Gasteiger partial charge on any atom is -0.395 e. The smallest absolute Gasteiger partial charge is 0.294 e. The summed E-state index contributed by atoms with van der Waals surface area (Å²) in [6, 6.07) is 5.85. The van der Waals surface area contributed by atoms with Gasteiger partial charge in [-0.25, -0.2) is 8.42 Å². The second-order valence-corrected chi connectivity index (χ2v) is 10.3. The maximum atomic E-state index is 12.8. The molecule has 0 unspecified atom stereocenters. The highest BCUT2D eigenvalue weighted by Crippen LogP contribution is 2.32. The van der Waals surface area contributed by atoms with Crippen LogP contribution < -0.4 is 10.0 Å². The molecule has 0 aromatic heterocycles. The summed E-state index contributed by atoms with van der Waals surface area (Å²) in [6.45, 7) is 0.589. The van der Waals surface area contributed by atoms with Crippen molar-refractivity contribution >= 4 is 49.0 Å². The van der Waals surface area contributed by atoms with Gasteiger partial charge in [-0.1, -0.05) is 6.07 Å². The molecule has 0 fully saturated rings. The fourth-order valence-corrected chi connectivity index (χ4v) is 4.78. The predicted octanol–water partition coefficient (Wildman–Crippen LogP) is 0.608. The van der Waals surface area contributed by atoms with E-state index in [9.17, 15) is 41.1 Å². The number of amides is 2. The predicted molar refractivity (Wildman–Crippen MR) is 120 cm³/mol. The lowest BCUT2D eigenvalue weighted by Crippen LogP contribution is -2.34. The Bertz CT molecular complexity index is 1480. The van der Waals surface area contributed by atoms with E-state index in [1.165, 1.54) is 6.92 Å². The highest BCUT2D eigenvalue weighted by atomic mass is 32.2. The zero-order chi connectivity index (χ0) is 26.1. The summed E-state index contributed by atoms with van der Waals surface area (Å²) in [6.07, 6.45) is 0.907. The van der Waals surface area contributed by atoms with E-state index in [4.69, 9.17) is 5.11 Å². The van der Waals surface area contributed by atoms with E-state index in [1.54, 1.807) is 0 Å². The van der Waals surface area contributed by atoms with Gasteiger partial charge in [-0.15, -0.1) is 0 Å². The summed E-state index contributed by atoms with van der Waals surface area (Å²) in [5, 5.41) is 22.5. The van der Waals surface area contributed by atoms with Crippen molar-refractivity contribution < 1.29 is 41.0 Å². The SMILES string of the molecule is Cc1c(NC2=CC(=O)N(CCO)C2=O)cc(S(=O)(=O)O)cc1NS(=O)(=O)c1cccc([N+](=O)[O-])c1. The number of carbonyl (C=O) groups excluding carboxylic acids is 2. The number of nitro groups is 1. The first kappa shape index (κ1) is 25.8. The number of sulfonamides is 1. The first-order valence-electron chi connectivity index (χ1n) is 9.59. The molecule has 35 heavy (non-hydrogen) atoms. The normalized spacial score (nSPS) is 14.1. The third kappa shape index (κ3) is 5.46. The maximum absolute atomic E-state index is 12.8. The highest BCUT2D eigenvalue weighted by Gasteiger charge is 2.31. The average Bonchev–Trinajstić information content (AvgIpc) is 3.03. The molecule has 2 amide bonds. The van der Waals surface area contributed by atoms with Gasteiger partial charge in [0, 0.05) is 23.9 Å². The van der Waals surface area contributed by atoms with Gasteiger partial charge in [-0.05, 0) is 30.7 Å². The fraction of sp³-hybridized carbons (Fsp3) is 0.158. The summed E-state index contributed by atoms with van der Waals surface area (Å²) in [7, 11) is -9.32. The van der Waals surface area contributed by atoms with Gasteiger partial charge in [-0.3, -0.25) is 33.9 Å². The molecule has 0 aliphatic carbocycles. The van der Waals surface area contributed by atoms with Gasteiger partial charge in [0.25, 0.3) is 37.6 Å². The number of hydrogen-bond acceptors (Lipinski definition) is 10. The molecule has 1 aliphatic heterocycles. The van der Waals surface area contributed by atoms with Crippen molar-refractivity contribution in [3.05, 3.63) is 63.8 Å². The molecule has 0 spiro atoms. The number of β-amino-alcohol motifs (C(OH)–C–C–N with tert-alkyl or cyclic N) is 1. The molecule has 0 saturated carbocycles. The Morgan fingerprint density at radius 2 is 1.71 bits per heavy atom. The standard InChI is InChI=1S/C19H18N4O10S2/c1-11-15(20-17-10-18(25)22(5-6-24)19(17)26)8-14(35(31,32)33)9-16(11)21-34(29,30)13-4-2-3-12(7-13)23(27)28/h2-4,7-10,20-21,24H,5-6H2,1H3,(H,31,32,33). The third-order valence-corrected chi connectivity index (χ3v) is 7.06. The molecule has 1 aliphatic rings. The Hall–Kier alpha value is -3.86. The number of carbonyl (C=O) groups is 2. The van der Waals surface area contributed by atoms with Crippen LogP contribution in [0.25, 0.3) is 0 Å². The Morgan fingerprint density at radius 3 is 2.31 bits per heavy atom. The van der Waals surface area contributed by atoms with E-state index in [-0.39, 0.29) is 29.2 Å². The van der Waals surface area contributed by atoms with Crippen LogP contribution in [-0.2, 0) is 29.7 Å². The number of benzene rings is 2. The summed E-state index contributed by atoms with van der Waals surface area (Å²) < 4.78 is 60.9. The molecule has 14 nitrogen and oxygen atoms in total. The van der Waals surface area contributed by atoms with Gasteiger partial charge in [0.2, 0.25) is 0 Å². The number of aliphatic hydroxyl groups is 1. The number of anilines is 2. The maximum Gasteiger partial charge on any atom is 0.294 e. The molecule has 4 N–H and O–H groups in total. The Balaban J connectivity index is 2.05. The zero-order valence-electron chi connectivity index (χ0n) is 17.8. The Kier molecular flexibility index (Phi) is 6.93. The lowest BCUT2D eigenvalue weighted by Gasteiger charge is -2.18. The van der Waals surface area contributed by atoms with Crippen molar-refractivity contribution in [3.63, 3.8) is 0 Å². The van der Waals surface area contributed by atoms with Crippen LogP contribution >= 0.6 is 0 Å². The highest BCUT2D eigenvalue weighted by molar-refractivity contribution is 7.92. The summed E-state index contributed by atoms with van der Waals surface area (Å²) in [5.74, 6) is -1.55. The number of rotatable bonds is 9. The number of nitro benzene ring substituents is 1. The zero-order valence-corrected chi connectivity index (χ0v) is 19.5. The third-order valence-electron chi connectivity index (χ3n) is 4.86.